The first-order valence-corrected chi connectivity index (χ1v) is 31.3. The van der Waals surface area contributed by atoms with Crippen LogP contribution in [0.5, 0.6) is 0 Å². The second-order valence-corrected chi connectivity index (χ2v) is 23.9. The van der Waals surface area contributed by atoms with Crippen molar-refractivity contribution < 1.29 is 60.3 Å². The smallest absolute Gasteiger partial charge is 0.201 e. The van der Waals surface area contributed by atoms with Crippen LogP contribution < -0.4 is 27.4 Å². The zero-order valence-corrected chi connectivity index (χ0v) is 57.5. The minimum atomic E-state index is -2.51. The minimum absolute atomic E-state index is 0.105. The molecule has 6 heteroatoms. The summed E-state index contributed by atoms with van der Waals surface area (Å²) in [5.74, 6) is 0. The molecule has 0 saturated heterocycles. The Labute approximate surface area is 605 Å². The van der Waals surface area contributed by atoms with Crippen LogP contribution in [-0.2, 0) is 42.3 Å². The fourth-order valence-corrected chi connectivity index (χ4v) is 11.1. The van der Waals surface area contributed by atoms with Crippen molar-refractivity contribution in [2.24, 2.45) is 42.3 Å². The Kier molecular flexibility index (Phi) is 16.0. The van der Waals surface area contributed by atoms with Gasteiger partial charge < -0.3 is 0 Å². The molecule has 12 aromatic rings. The number of rotatable bonds is 6. The first kappa shape index (κ1) is 45.5. The molecule has 0 bridgehead atoms. The van der Waals surface area contributed by atoms with Gasteiger partial charge in [-0.1, -0.05) is 108 Å². The summed E-state index contributed by atoms with van der Waals surface area (Å²) in [4.78, 5) is 0. The van der Waals surface area contributed by atoms with Gasteiger partial charge in [0.05, 0.1) is 0 Å². The van der Waals surface area contributed by atoms with Gasteiger partial charge in [0, 0.05) is 158 Å². The van der Waals surface area contributed by atoms with Crippen LogP contribution in [0.15, 0.2) is 225 Å². The molecule has 0 atom stereocenters. The van der Waals surface area contributed by atoms with Crippen molar-refractivity contribution in [2.45, 2.75) is 117 Å². The summed E-state index contributed by atoms with van der Waals surface area (Å²) in [5, 5.41) is 0. The Balaban J connectivity index is 0.000000197. The van der Waals surface area contributed by atoms with Crippen molar-refractivity contribution >= 4 is 0 Å². The summed E-state index contributed by atoms with van der Waals surface area (Å²) in [6, 6.07) is 63.8. The predicted octanol–water partition coefficient (Wildman–Crippen LogP) is 18.3. The molecule has 0 aliphatic rings. The van der Waals surface area contributed by atoms with E-state index in [1.54, 1.807) is 71.9 Å². The van der Waals surface area contributed by atoms with Crippen molar-refractivity contribution in [3.8, 4) is 67.5 Å². The molecule has 6 aromatic carbocycles. The fourth-order valence-electron chi connectivity index (χ4n) is 11.1. The van der Waals surface area contributed by atoms with Gasteiger partial charge in [0.2, 0.25) is 34.2 Å². The van der Waals surface area contributed by atoms with Crippen LogP contribution in [0.3, 0.4) is 0 Å². The lowest BCUT2D eigenvalue weighted by atomic mass is 9.99. The van der Waals surface area contributed by atoms with E-state index in [2.05, 4.69) is 36.6 Å². The molecular weight excluding hydrogens is 1150 g/mol. The monoisotopic (exact) mass is 1280 g/mol. The lowest BCUT2D eigenvalue weighted by Gasteiger charge is -2.08. The highest BCUT2D eigenvalue weighted by Crippen LogP contribution is 2.28. The summed E-state index contributed by atoms with van der Waals surface area (Å²) in [6.07, 6.45) is 4.97. The summed E-state index contributed by atoms with van der Waals surface area (Å²) >= 11 is 0. The quantitative estimate of drug-likeness (QED) is 0.148. The lowest BCUT2D eigenvalue weighted by molar-refractivity contribution is -0.667. The SMILES string of the molecule is [2H]C([2H])([2H])c1cc(-c2ccccc2C)[n+](C)cc1C([2H])([2H])[2H].[2H]C([2H])([2H])c1cc(C)[n+](C)c(-c2ccccc2C)c1.[2H]C([2H])([2H])c1cc[n+](C)c(-c2ccccc2C)c1C([2H])([2H])[2H].[2H]C([2H])([2H])c1ccc(-c2cccc(C)[n+]2C)c(C)c1.[2H]C([2H])([2H])c1ccc(-c2cccc[n+]2C)c(C)c1.[2H]C([2H])([2H])c1ccc(-c2ccccc2C)[n+](C)c1C. The summed E-state index contributed by atoms with van der Waals surface area (Å²) in [6.45, 7) is -0.530. The van der Waals surface area contributed by atoms with Gasteiger partial charge in [-0.15, -0.1) is 0 Å². The zero-order chi connectivity index (χ0) is 89.4. The average Bonchev–Trinajstić information content (AvgIpc) is 0.758. The molecule has 0 N–H and O–H groups in total. The van der Waals surface area contributed by atoms with E-state index >= 15 is 0 Å². The summed E-state index contributed by atoms with van der Waals surface area (Å²) < 4.78 is 194. The van der Waals surface area contributed by atoms with Gasteiger partial charge in [-0.25, -0.2) is 13.7 Å². The second-order valence-electron chi connectivity index (χ2n) is 23.9. The van der Waals surface area contributed by atoms with Gasteiger partial charge in [-0.05, 0) is 201 Å². The Morgan fingerprint density at radius 3 is 1.26 bits per heavy atom. The van der Waals surface area contributed by atoms with Crippen molar-refractivity contribution in [3.63, 3.8) is 0 Å². The molecule has 0 radical (unpaired) electrons. The highest BCUT2D eigenvalue weighted by molar-refractivity contribution is 5.67. The highest BCUT2D eigenvalue weighted by Gasteiger charge is 2.20. The third kappa shape index (κ3) is 18.5. The van der Waals surface area contributed by atoms with Crippen LogP contribution in [0.25, 0.3) is 67.5 Å². The molecule has 0 saturated carbocycles. The number of nitrogens with zero attached hydrogens (tertiary/aromatic N) is 6. The molecule has 0 fully saturated rings. The molecule has 6 nitrogen and oxygen atoms in total. The van der Waals surface area contributed by atoms with Crippen LogP contribution in [-0.4, -0.2) is 0 Å². The normalized spacial score (nSPS) is 15.3. The predicted molar refractivity (Wildman–Crippen MR) is 399 cm³/mol. The Morgan fingerprint density at radius 1 is 0.253 bits per heavy atom. The van der Waals surface area contributed by atoms with Crippen LogP contribution in [0.2, 0.25) is 0 Å². The molecule has 0 spiro atoms. The zero-order valence-electron chi connectivity index (χ0n) is 81.5. The van der Waals surface area contributed by atoms with E-state index in [-0.39, 0.29) is 22.3 Å². The van der Waals surface area contributed by atoms with E-state index in [0.717, 1.165) is 101 Å². The van der Waals surface area contributed by atoms with Crippen molar-refractivity contribution in [2.75, 3.05) is 0 Å². The van der Waals surface area contributed by atoms with E-state index in [9.17, 15) is 0 Å². The van der Waals surface area contributed by atoms with Gasteiger partial charge in [0.15, 0.2) is 35.7 Å². The van der Waals surface area contributed by atoms with Crippen molar-refractivity contribution in [3.05, 3.63) is 320 Å². The Hall–Kier alpha value is -9.78. The molecular formula is C89H106N6+6. The molecule has 6 aromatic heterocycles. The lowest BCUT2D eigenvalue weighted by Crippen LogP contribution is -2.35. The number of aromatic nitrogens is 6. The van der Waals surface area contributed by atoms with Crippen LogP contribution >= 0.6 is 0 Å². The minimum Gasteiger partial charge on any atom is -0.201 e. The Morgan fingerprint density at radius 2 is 0.737 bits per heavy atom. The van der Waals surface area contributed by atoms with Gasteiger partial charge in [0.1, 0.15) is 42.3 Å². The molecule has 6 heterocycles. The molecule has 0 amide bonds. The van der Waals surface area contributed by atoms with E-state index in [1.165, 1.54) is 23.9 Å². The molecule has 95 heavy (non-hydrogen) atoms. The van der Waals surface area contributed by atoms with Crippen LogP contribution in [0, 0.1) is 117 Å². The molecule has 486 valence electrons. The number of benzene rings is 6. The molecule has 12 rings (SSSR count). The first-order valence-electron chi connectivity index (χ1n) is 43.3. The first-order chi connectivity index (χ1) is 54.9. The Bertz CT molecular complexity index is 5580. The third-order valence-electron chi connectivity index (χ3n) is 17.0. The maximum atomic E-state index is 7.82. The number of aryl methyl sites for hydroxylation is 18. The van der Waals surface area contributed by atoms with E-state index in [1.807, 2.05) is 230 Å². The van der Waals surface area contributed by atoms with Gasteiger partial charge in [0.25, 0.3) is 0 Å². The maximum absolute atomic E-state index is 7.82. The average molecular weight is 1280 g/mol. The number of pyridine rings is 6. The number of hydrogen-bond donors (Lipinski definition) is 0. The van der Waals surface area contributed by atoms with Crippen LogP contribution in [0.4, 0.5) is 0 Å². The van der Waals surface area contributed by atoms with Crippen molar-refractivity contribution in [1.29, 1.82) is 0 Å². The highest BCUT2D eigenvalue weighted by atomic mass is 15.0. The van der Waals surface area contributed by atoms with Gasteiger partial charge >= 0.3 is 0 Å². The summed E-state index contributed by atoms with van der Waals surface area (Å²) in [7, 11) is 11.3. The van der Waals surface area contributed by atoms with E-state index < -0.39 is 54.8 Å². The second kappa shape index (κ2) is 33.4. The van der Waals surface area contributed by atoms with E-state index in [0.29, 0.717) is 33.6 Å². The molecule has 0 aliphatic carbocycles. The maximum Gasteiger partial charge on any atom is 0.215 e. The van der Waals surface area contributed by atoms with Gasteiger partial charge in [-0.3, -0.25) is 0 Å². The molecule has 0 aliphatic heterocycles. The molecule has 0 unspecified atom stereocenters. The van der Waals surface area contributed by atoms with E-state index in [4.69, 9.17) is 32.9 Å². The largest absolute Gasteiger partial charge is 0.215 e. The topological polar surface area (TPSA) is 23.3 Å². The van der Waals surface area contributed by atoms with Gasteiger partial charge in [-0.2, -0.15) is 13.7 Å². The fraction of sp³-hybridized carbons (Fsp3) is 0.258. The standard InChI is InChI=1S/5C15H18N.C14H16N/c1-11-8-9-14(12(2)10-11)15-7-5-6-13(3)16(15)4;1-11-9-13(3)16(4)15(10-11)14-8-6-5-7-12(14)2;1-11-7-5-6-8-14(11)15-9-12(2)13(3)10-16(15)4;1-11-9-10-16(4)15(13(11)3)14-8-6-5-7-12(14)2;1-11-9-10-15(16(4)13(11)3)14-8-6-5-7-12(14)2;1-11-7-8-13(12(2)10-11)14-6-4-5-9-15(14)3/h5*5-10H,1-4H3;4-10H,1-3H3/q6*+1/i2*1D3;2D3,3D3;1D3,3D3;2*1D3. The summed E-state index contributed by atoms with van der Waals surface area (Å²) in [5.41, 5.74) is 21.3. The third-order valence-corrected chi connectivity index (χ3v) is 17.0. The van der Waals surface area contributed by atoms with Crippen LogP contribution in [0.1, 0.15) is 128 Å². The number of hydrogen-bond acceptors (Lipinski definition) is 0. The van der Waals surface area contributed by atoms with Crippen molar-refractivity contribution in [1.82, 2.24) is 0 Å².